The summed E-state index contributed by atoms with van der Waals surface area (Å²) in [6, 6.07) is 9.37. The summed E-state index contributed by atoms with van der Waals surface area (Å²) in [5.41, 5.74) is 8.73. The zero-order valence-corrected chi connectivity index (χ0v) is 11.0. The van der Waals surface area contributed by atoms with Crippen molar-refractivity contribution in [3.05, 3.63) is 35.4 Å². The van der Waals surface area contributed by atoms with E-state index in [9.17, 15) is 0 Å². The molecule has 1 aliphatic rings. The number of nitrogens with two attached hydrogens (primary N) is 1. The van der Waals surface area contributed by atoms with Gasteiger partial charge >= 0.3 is 0 Å². The minimum Gasteiger partial charge on any atom is -0.329 e. The Morgan fingerprint density at radius 1 is 1.35 bits per heavy atom. The van der Waals surface area contributed by atoms with Crippen LogP contribution < -0.4 is 5.73 Å². The highest BCUT2D eigenvalue weighted by atomic mass is 15.2. The Morgan fingerprint density at radius 3 is 2.53 bits per heavy atom. The van der Waals surface area contributed by atoms with Crippen molar-refractivity contribution in [1.82, 2.24) is 4.90 Å². The number of nitrogens with zero attached hydrogens (tertiary/aromatic N) is 1. The molecule has 1 aromatic carbocycles. The lowest BCUT2D eigenvalue weighted by Crippen LogP contribution is -2.31. The number of likely N-dealkylation sites (tertiary alicyclic amines) is 1. The van der Waals surface area contributed by atoms with Crippen LogP contribution in [0.3, 0.4) is 0 Å². The summed E-state index contributed by atoms with van der Waals surface area (Å²) in [6.07, 6.45) is 2.41. The van der Waals surface area contributed by atoms with Gasteiger partial charge in [0.05, 0.1) is 0 Å². The first-order chi connectivity index (χ1) is 8.24. The third kappa shape index (κ3) is 2.88. The molecule has 0 bridgehead atoms. The van der Waals surface area contributed by atoms with Gasteiger partial charge in [0.25, 0.3) is 0 Å². The van der Waals surface area contributed by atoms with Crippen molar-refractivity contribution in [1.29, 1.82) is 0 Å². The summed E-state index contributed by atoms with van der Waals surface area (Å²) in [5, 5.41) is 0. The summed E-state index contributed by atoms with van der Waals surface area (Å²) in [5.74, 6) is 0.818. The molecule has 1 fully saturated rings. The lowest BCUT2D eigenvalue weighted by molar-refractivity contribution is 0.244. The third-order valence-electron chi connectivity index (χ3n) is 3.89. The first kappa shape index (κ1) is 12.6. The standard InChI is InChI=1S/C15H24N2/c1-3-13-4-6-14(7-5-13)15(10-16)17-9-8-12(2)11-17/h4-7,12,15H,3,8-11,16H2,1-2H3. The van der Waals surface area contributed by atoms with Gasteiger partial charge in [0, 0.05) is 19.1 Å². The largest absolute Gasteiger partial charge is 0.329 e. The highest BCUT2D eigenvalue weighted by molar-refractivity contribution is 5.25. The van der Waals surface area contributed by atoms with Crippen molar-refractivity contribution in [3.63, 3.8) is 0 Å². The molecule has 0 aliphatic carbocycles. The molecule has 2 rings (SSSR count). The molecular weight excluding hydrogens is 208 g/mol. The van der Waals surface area contributed by atoms with Crippen LogP contribution in [0.5, 0.6) is 0 Å². The molecule has 17 heavy (non-hydrogen) atoms. The monoisotopic (exact) mass is 232 g/mol. The van der Waals surface area contributed by atoms with Gasteiger partial charge in [-0.15, -0.1) is 0 Å². The van der Waals surface area contributed by atoms with E-state index in [1.54, 1.807) is 0 Å². The minimum absolute atomic E-state index is 0.408. The van der Waals surface area contributed by atoms with E-state index in [0.29, 0.717) is 6.04 Å². The van der Waals surface area contributed by atoms with Crippen LogP contribution in [0.1, 0.15) is 37.4 Å². The quantitative estimate of drug-likeness (QED) is 0.864. The van der Waals surface area contributed by atoms with Crippen LogP contribution in [0.15, 0.2) is 24.3 Å². The van der Waals surface area contributed by atoms with Crippen molar-refractivity contribution in [2.24, 2.45) is 11.7 Å². The van der Waals surface area contributed by atoms with Gasteiger partial charge in [-0.1, -0.05) is 38.1 Å². The number of hydrogen-bond donors (Lipinski definition) is 1. The Kier molecular flexibility index (Phi) is 4.19. The molecule has 2 heteroatoms. The van der Waals surface area contributed by atoms with Gasteiger partial charge in [-0.25, -0.2) is 0 Å². The van der Waals surface area contributed by atoms with Crippen molar-refractivity contribution in [3.8, 4) is 0 Å². The molecule has 2 atom stereocenters. The molecule has 1 heterocycles. The smallest absolute Gasteiger partial charge is 0.0470 e. The van der Waals surface area contributed by atoms with Gasteiger partial charge in [0.15, 0.2) is 0 Å². The maximum atomic E-state index is 5.96. The lowest BCUT2D eigenvalue weighted by atomic mass is 10.0. The summed E-state index contributed by atoms with van der Waals surface area (Å²) < 4.78 is 0. The number of rotatable bonds is 4. The molecule has 0 amide bonds. The summed E-state index contributed by atoms with van der Waals surface area (Å²) >= 11 is 0. The normalized spacial score (nSPS) is 22.9. The predicted molar refractivity (Wildman–Crippen MR) is 73.0 cm³/mol. The van der Waals surface area contributed by atoms with E-state index in [-0.39, 0.29) is 0 Å². The zero-order valence-electron chi connectivity index (χ0n) is 11.0. The Bertz CT molecular complexity index is 344. The van der Waals surface area contributed by atoms with E-state index in [2.05, 4.69) is 43.0 Å². The Morgan fingerprint density at radius 2 is 2.06 bits per heavy atom. The predicted octanol–water partition coefficient (Wildman–Crippen LogP) is 2.59. The van der Waals surface area contributed by atoms with Crippen LogP contribution >= 0.6 is 0 Å². The topological polar surface area (TPSA) is 29.3 Å². The van der Waals surface area contributed by atoms with Crippen LogP contribution in [0.25, 0.3) is 0 Å². The SMILES string of the molecule is CCc1ccc(C(CN)N2CCC(C)C2)cc1. The lowest BCUT2D eigenvalue weighted by Gasteiger charge is -2.27. The van der Waals surface area contributed by atoms with E-state index in [1.165, 1.54) is 30.6 Å². The Hall–Kier alpha value is -0.860. The minimum atomic E-state index is 0.408. The zero-order chi connectivity index (χ0) is 12.3. The van der Waals surface area contributed by atoms with Gasteiger partial charge in [-0.2, -0.15) is 0 Å². The fraction of sp³-hybridized carbons (Fsp3) is 0.600. The summed E-state index contributed by atoms with van der Waals surface area (Å²) in [4.78, 5) is 2.53. The van der Waals surface area contributed by atoms with Crippen LogP contribution in [-0.2, 0) is 6.42 Å². The van der Waals surface area contributed by atoms with Crippen molar-refractivity contribution in [2.75, 3.05) is 19.6 Å². The molecule has 0 aromatic heterocycles. The van der Waals surface area contributed by atoms with E-state index in [1.807, 2.05) is 0 Å². The fourth-order valence-corrected chi connectivity index (χ4v) is 2.72. The third-order valence-corrected chi connectivity index (χ3v) is 3.89. The second kappa shape index (κ2) is 5.65. The Labute approximate surface area is 105 Å². The van der Waals surface area contributed by atoms with Crippen LogP contribution in [0.4, 0.5) is 0 Å². The molecule has 0 radical (unpaired) electrons. The van der Waals surface area contributed by atoms with E-state index >= 15 is 0 Å². The van der Waals surface area contributed by atoms with Crippen molar-refractivity contribution < 1.29 is 0 Å². The Balaban J connectivity index is 2.11. The molecule has 2 nitrogen and oxygen atoms in total. The first-order valence-corrected chi connectivity index (χ1v) is 6.77. The molecule has 1 aromatic rings. The van der Waals surface area contributed by atoms with E-state index in [0.717, 1.165) is 18.9 Å². The molecule has 1 saturated heterocycles. The molecule has 2 N–H and O–H groups in total. The number of aryl methyl sites for hydroxylation is 1. The van der Waals surface area contributed by atoms with E-state index < -0.39 is 0 Å². The van der Waals surface area contributed by atoms with E-state index in [4.69, 9.17) is 5.73 Å². The highest BCUT2D eigenvalue weighted by Crippen LogP contribution is 2.26. The van der Waals surface area contributed by atoms with Gasteiger partial charge in [-0.05, 0) is 36.4 Å². The molecule has 94 valence electrons. The number of benzene rings is 1. The summed E-state index contributed by atoms with van der Waals surface area (Å²) in [7, 11) is 0. The molecule has 2 unspecified atom stereocenters. The first-order valence-electron chi connectivity index (χ1n) is 6.77. The fourth-order valence-electron chi connectivity index (χ4n) is 2.72. The maximum Gasteiger partial charge on any atom is 0.0470 e. The second-order valence-electron chi connectivity index (χ2n) is 5.24. The maximum absolute atomic E-state index is 5.96. The van der Waals surface area contributed by atoms with Crippen LogP contribution in [0.2, 0.25) is 0 Å². The van der Waals surface area contributed by atoms with Gasteiger partial charge in [0.2, 0.25) is 0 Å². The van der Waals surface area contributed by atoms with Crippen LogP contribution in [0, 0.1) is 5.92 Å². The highest BCUT2D eigenvalue weighted by Gasteiger charge is 2.25. The second-order valence-corrected chi connectivity index (χ2v) is 5.24. The molecule has 1 aliphatic heterocycles. The van der Waals surface area contributed by atoms with Gasteiger partial charge in [-0.3, -0.25) is 4.90 Å². The molecular formula is C15H24N2. The molecule has 0 spiro atoms. The van der Waals surface area contributed by atoms with Gasteiger partial charge < -0.3 is 5.73 Å². The van der Waals surface area contributed by atoms with Gasteiger partial charge in [0.1, 0.15) is 0 Å². The average molecular weight is 232 g/mol. The van der Waals surface area contributed by atoms with Crippen molar-refractivity contribution in [2.45, 2.75) is 32.7 Å². The summed E-state index contributed by atoms with van der Waals surface area (Å²) in [6.45, 7) is 7.62. The average Bonchev–Trinajstić information content (AvgIpc) is 2.78. The van der Waals surface area contributed by atoms with Crippen LogP contribution in [-0.4, -0.2) is 24.5 Å². The molecule has 0 saturated carbocycles. The number of hydrogen-bond acceptors (Lipinski definition) is 2. The van der Waals surface area contributed by atoms with Crippen molar-refractivity contribution >= 4 is 0 Å².